The molecule has 0 amide bonds. The van der Waals surface area contributed by atoms with Crippen LogP contribution < -0.4 is 0 Å². The third kappa shape index (κ3) is 1.10. The molecule has 0 spiro atoms. The summed E-state index contributed by atoms with van der Waals surface area (Å²) >= 11 is 3.01. The Labute approximate surface area is 63.7 Å². The highest BCUT2D eigenvalue weighted by atomic mass is 79.9. The fraction of sp³-hybridized carbons (Fsp3) is 0.400. The number of aromatic nitrogens is 2. The highest BCUT2D eigenvalue weighted by Crippen LogP contribution is 2.02. The Morgan fingerprint density at radius 3 is 3.62 bits per heavy atom. The van der Waals surface area contributed by atoms with Gasteiger partial charge in [-0.05, 0) is 28.8 Å². The topological polar surface area (TPSA) is 17.8 Å². The normalized spacial score (nSPS) is 22.4. The zero-order valence-corrected chi connectivity index (χ0v) is 5.51. The van der Waals surface area contributed by atoms with E-state index in [-0.39, 0.29) is 0 Å². The summed E-state index contributed by atoms with van der Waals surface area (Å²) in [6.07, 6.45) is 1.27. The van der Waals surface area contributed by atoms with Crippen molar-refractivity contribution in [1.82, 2.24) is 9.78 Å². The lowest BCUT2D eigenvalue weighted by atomic mass is 10.7. The zero-order chi connectivity index (χ0) is 10.3. The van der Waals surface area contributed by atoms with Crippen molar-refractivity contribution in [1.29, 1.82) is 0 Å². The van der Waals surface area contributed by atoms with Gasteiger partial charge in [-0.2, -0.15) is 5.10 Å². The maximum atomic E-state index is 7.32. The van der Waals surface area contributed by atoms with Crippen LogP contribution in [0.2, 0.25) is 0 Å². The molecule has 1 aromatic heterocycles. The first kappa shape index (κ1) is 2.14. The fourth-order valence-corrected chi connectivity index (χ4v) is 0.653. The monoisotopic (exact) mass is 179 g/mol. The van der Waals surface area contributed by atoms with Gasteiger partial charge in [0.05, 0.1) is 2.74 Å². The Balaban J connectivity index is 3.07. The smallest absolute Gasteiger partial charge is 0.128 e. The minimum atomic E-state index is -2.72. The molecule has 0 aliphatic carbocycles. The van der Waals surface area contributed by atoms with E-state index >= 15 is 0 Å². The molecule has 0 bridgehead atoms. The first-order valence-electron chi connectivity index (χ1n) is 4.47. The summed E-state index contributed by atoms with van der Waals surface area (Å²) in [6, 6.07) is 1.48. The number of halogens is 1. The van der Waals surface area contributed by atoms with E-state index < -0.39 is 13.3 Å². The van der Waals surface area contributed by atoms with Crippen molar-refractivity contribution in [3.8, 4) is 0 Å². The van der Waals surface area contributed by atoms with Gasteiger partial charge in [0, 0.05) is 16.8 Å². The van der Waals surface area contributed by atoms with E-state index in [1.807, 2.05) is 0 Å². The van der Waals surface area contributed by atoms with Gasteiger partial charge in [0.1, 0.15) is 4.60 Å². The first-order valence-corrected chi connectivity index (χ1v) is 2.76. The molecule has 1 rings (SSSR count). The quantitative estimate of drug-likeness (QED) is 0.642. The number of nitrogens with zero attached hydrogens (tertiary/aromatic N) is 2. The maximum Gasteiger partial charge on any atom is 0.128 e. The van der Waals surface area contributed by atoms with Gasteiger partial charge >= 0.3 is 0 Å². The predicted octanol–water partition coefficient (Wildman–Crippen LogP) is 1.67. The molecule has 44 valence electrons. The molecule has 0 fully saturated rings. The Morgan fingerprint density at radius 1 is 2.25 bits per heavy atom. The Hall–Kier alpha value is -0.310. The maximum absolute atomic E-state index is 7.32. The van der Waals surface area contributed by atoms with Gasteiger partial charge in [0.2, 0.25) is 0 Å². The molecule has 2 nitrogen and oxygen atoms in total. The van der Waals surface area contributed by atoms with Crippen LogP contribution in [0.5, 0.6) is 0 Å². The molecule has 0 saturated heterocycles. The van der Waals surface area contributed by atoms with Crippen LogP contribution in [0.25, 0.3) is 0 Å². The molecular formula is C5H7BrN2. The van der Waals surface area contributed by atoms with Crippen molar-refractivity contribution >= 4 is 15.9 Å². The average molecular weight is 180 g/mol. The molecule has 8 heavy (non-hydrogen) atoms. The van der Waals surface area contributed by atoms with E-state index in [2.05, 4.69) is 21.0 Å². The van der Waals surface area contributed by atoms with Crippen molar-refractivity contribution in [2.75, 3.05) is 0 Å². The van der Waals surface area contributed by atoms with Gasteiger partial charge in [-0.3, -0.25) is 4.68 Å². The number of hydrogen-bond donors (Lipinski definition) is 0. The van der Waals surface area contributed by atoms with E-state index in [4.69, 9.17) is 6.85 Å². The Kier molecular flexibility index (Phi) is 0.616. The molecule has 0 N–H and O–H groups in total. The van der Waals surface area contributed by atoms with Crippen LogP contribution in [0.15, 0.2) is 16.9 Å². The van der Waals surface area contributed by atoms with Crippen LogP contribution in [0.1, 0.15) is 13.7 Å². The molecule has 0 unspecified atom stereocenters. The fourth-order valence-electron chi connectivity index (χ4n) is 0.364. The van der Waals surface area contributed by atoms with E-state index in [0.29, 0.717) is 4.60 Å². The van der Waals surface area contributed by atoms with Crippen LogP contribution in [0.4, 0.5) is 0 Å². The summed E-state index contributed by atoms with van der Waals surface area (Å²) in [7, 11) is 0. The van der Waals surface area contributed by atoms with E-state index in [1.165, 1.54) is 12.3 Å². The summed E-state index contributed by atoms with van der Waals surface area (Å²) in [5.74, 6) is 0. The van der Waals surface area contributed by atoms with Crippen molar-refractivity contribution < 1.29 is 6.85 Å². The molecule has 0 atom stereocenters. The second-order valence-corrected chi connectivity index (χ2v) is 2.01. The van der Waals surface area contributed by atoms with Crippen molar-refractivity contribution in [2.24, 2.45) is 0 Å². The number of hydrogen-bond acceptors (Lipinski definition) is 1. The van der Waals surface area contributed by atoms with Crippen LogP contribution in [-0.4, -0.2) is 9.78 Å². The Morgan fingerprint density at radius 2 is 3.12 bits per heavy atom. The van der Waals surface area contributed by atoms with Gasteiger partial charge in [-0.25, -0.2) is 0 Å². The minimum absolute atomic E-state index is 0.403. The molecule has 0 saturated carbocycles. The van der Waals surface area contributed by atoms with E-state index in [1.54, 1.807) is 0 Å². The summed E-state index contributed by atoms with van der Waals surface area (Å²) < 4.78 is 36.7. The second-order valence-electron chi connectivity index (χ2n) is 1.19. The molecule has 0 aliphatic rings. The summed E-state index contributed by atoms with van der Waals surface area (Å²) in [5, 5.41) is 3.65. The third-order valence-corrected chi connectivity index (χ3v) is 1.09. The highest BCUT2D eigenvalue weighted by molar-refractivity contribution is 9.10. The van der Waals surface area contributed by atoms with Gasteiger partial charge < -0.3 is 0 Å². The third-order valence-electron chi connectivity index (χ3n) is 0.671. The van der Waals surface area contributed by atoms with Gasteiger partial charge in [0.25, 0.3) is 0 Å². The van der Waals surface area contributed by atoms with E-state index in [9.17, 15) is 0 Å². The average Bonchev–Trinajstić information content (AvgIpc) is 2.33. The van der Waals surface area contributed by atoms with Gasteiger partial charge in [-0.1, -0.05) is 0 Å². The van der Waals surface area contributed by atoms with Gasteiger partial charge in [0.15, 0.2) is 0 Å². The summed E-state index contributed by atoms with van der Waals surface area (Å²) in [5.41, 5.74) is 0. The molecule has 0 radical (unpaired) electrons. The predicted molar refractivity (Wildman–Crippen MR) is 35.6 cm³/mol. The second kappa shape index (κ2) is 2.31. The van der Waals surface area contributed by atoms with Crippen LogP contribution in [0.3, 0.4) is 0 Å². The first-order chi connectivity index (χ1) is 5.75. The molecule has 1 heterocycles. The largest absolute Gasteiger partial charge is 0.272 e. The summed E-state index contributed by atoms with van der Waals surface area (Å²) in [4.78, 5) is 0. The lowest BCUT2D eigenvalue weighted by Crippen LogP contribution is -1.92. The highest BCUT2D eigenvalue weighted by Gasteiger charge is 1.87. The standard InChI is InChI=1S/C5H7BrN2/c1-2-8-4-3-5(6)7-8/h3-4H,2H2,1H3/i1D3,2D2. The lowest BCUT2D eigenvalue weighted by molar-refractivity contribution is 0.655. The molecular weight excluding hydrogens is 168 g/mol. The SMILES string of the molecule is [2H]C([2H])([2H])C([2H])([2H])n1ccc(Br)n1. The molecule has 3 heteroatoms. The lowest BCUT2D eigenvalue weighted by Gasteiger charge is -1.88. The number of aryl methyl sites for hydroxylation is 1. The molecule has 1 aromatic rings. The molecule has 0 aromatic carbocycles. The number of rotatable bonds is 1. The summed E-state index contributed by atoms with van der Waals surface area (Å²) in [6.45, 7) is -5.20. The minimum Gasteiger partial charge on any atom is -0.272 e. The van der Waals surface area contributed by atoms with Crippen molar-refractivity contribution in [3.63, 3.8) is 0 Å². The van der Waals surface area contributed by atoms with Gasteiger partial charge in [-0.15, -0.1) is 0 Å². The van der Waals surface area contributed by atoms with Crippen LogP contribution in [0, 0.1) is 0 Å². The Bertz CT molecular complexity index is 304. The molecule has 0 aliphatic heterocycles. The zero-order valence-electron chi connectivity index (χ0n) is 8.93. The van der Waals surface area contributed by atoms with Crippen molar-refractivity contribution in [2.45, 2.75) is 13.3 Å². The van der Waals surface area contributed by atoms with E-state index in [0.717, 1.165) is 4.68 Å². The van der Waals surface area contributed by atoms with Crippen molar-refractivity contribution in [3.05, 3.63) is 16.9 Å². The van der Waals surface area contributed by atoms with Crippen LogP contribution >= 0.6 is 15.9 Å². The van der Waals surface area contributed by atoms with Crippen LogP contribution in [-0.2, 0) is 6.50 Å².